The van der Waals surface area contributed by atoms with Crippen molar-refractivity contribution in [3.8, 4) is 5.75 Å². The van der Waals surface area contributed by atoms with Gasteiger partial charge in [-0.3, -0.25) is 4.79 Å². The molecule has 3 aromatic rings. The summed E-state index contributed by atoms with van der Waals surface area (Å²) in [5.74, 6) is 0.288. The highest BCUT2D eigenvalue weighted by molar-refractivity contribution is 5.79. The molecule has 0 aliphatic carbocycles. The minimum absolute atomic E-state index is 0.0860. The molecule has 2 aromatic carbocycles. The van der Waals surface area contributed by atoms with Crippen LogP contribution >= 0.6 is 0 Å². The Kier molecular flexibility index (Phi) is 4.91. The Hall–Kier alpha value is -3.08. The second-order valence-corrected chi connectivity index (χ2v) is 5.33. The predicted molar refractivity (Wildman–Crippen MR) is 91.1 cm³/mol. The van der Waals surface area contributed by atoms with Crippen LogP contribution in [0.5, 0.6) is 5.75 Å². The summed E-state index contributed by atoms with van der Waals surface area (Å²) in [6.07, 6.45) is 0.772. The predicted octanol–water partition coefficient (Wildman–Crippen LogP) is 2.53. The first-order chi connectivity index (χ1) is 11.7. The van der Waals surface area contributed by atoms with Crippen LogP contribution in [0.4, 0.5) is 0 Å². The molecule has 0 fully saturated rings. The maximum atomic E-state index is 11.8. The van der Waals surface area contributed by atoms with E-state index in [9.17, 15) is 9.59 Å². The van der Waals surface area contributed by atoms with Gasteiger partial charge in [0.15, 0.2) is 6.61 Å². The van der Waals surface area contributed by atoms with Gasteiger partial charge >= 0.3 is 5.63 Å². The molecule has 0 atom stereocenters. The first kappa shape index (κ1) is 15.8. The van der Waals surface area contributed by atoms with E-state index in [4.69, 9.17) is 9.15 Å². The van der Waals surface area contributed by atoms with Crippen molar-refractivity contribution >= 4 is 16.9 Å². The Morgan fingerprint density at radius 1 is 1.04 bits per heavy atom. The highest BCUT2D eigenvalue weighted by Crippen LogP contribution is 2.19. The molecule has 0 radical (unpaired) electrons. The van der Waals surface area contributed by atoms with Crippen LogP contribution in [0.3, 0.4) is 0 Å². The molecule has 1 heterocycles. The van der Waals surface area contributed by atoms with Gasteiger partial charge in [-0.05, 0) is 30.2 Å². The molecule has 24 heavy (non-hydrogen) atoms. The SMILES string of the molecule is O=C(COc1ccc2ccc(=O)oc2c1)NCCc1ccccc1. The molecular formula is C19H17NO4. The van der Waals surface area contributed by atoms with Gasteiger partial charge in [0.25, 0.3) is 5.91 Å². The Morgan fingerprint density at radius 3 is 2.67 bits per heavy atom. The maximum absolute atomic E-state index is 11.8. The topological polar surface area (TPSA) is 68.5 Å². The zero-order valence-corrected chi connectivity index (χ0v) is 13.0. The second-order valence-electron chi connectivity index (χ2n) is 5.33. The average molecular weight is 323 g/mol. The van der Waals surface area contributed by atoms with E-state index >= 15 is 0 Å². The van der Waals surface area contributed by atoms with Crippen molar-refractivity contribution in [2.45, 2.75) is 6.42 Å². The number of hydrogen-bond acceptors (Lipinski definition) is 4. The van der Waals surface area contributed by atoms with E-state index in [1.807, 2.05) is 30.3 Å². The summed E-state index contributed by atoms with van der Waals surface area (Å²) in [4.78, 5) is 23.0. The number of hydrogen-bond donors (Lipinski definition) is 1. The molecule has 1 amide bonds. The van der Waals surface area contributed by atoms with E-state index in [0.717, 1.165) is 11.8 Å². The Balaban J connectivity index is 1.50. The lowest BCUT2D eigenvalue weighted by atomic mass is 10.1. The molecule has 0 aliphatic rings. The molecule has 1 N–H and O–H groups in total. The van der Waals surface area contributed by atoms with Crippen molar-refractivity contribution in [3.63, 3.8) is 0 Å². The first-order valence-electron chi connectivity index (χ1n) is 7.68. The van der Waals surface area contributed by atoms with E-state index < -0.39 is 5.63 Å². The molecule has 5 nitrogen and oxygen atoms in total. The third kappa shape index (κ3) is 4.23. The quantitative estimate of drug-likeness (QED) is 0.708. The summed E-state index contributed by atoms with van der Waals surface area (Å²) in [6.45, 7) is 0.468. The molecule has 1 aromatic heterocycles. The molecule has 3 rings (SSSR count). The second kappa shape index (κ2) is 7.46. The summed E-state index contributed by atoms with van der Waals surface area (Å²) in [6, 6.07) is 18.1. The van der Waals surface area contributed by atoms with E-state index in [1.54, 1.807) is 24.3 Å². The van der Waals surface area contributed by atoms with Crippen molar-refractivity contribution in [3.05, 3.63) is 76.6 Å². The third-order valence-electron chi connectivity index (χ3n) is 3.54. The Bertz CT molecular complexity index is 887. The van der Waals surface area contributed by atoms with Gasteiger partial charge in [0.05, 0.1) is 0 Å². The maximum Gasteiger partial charge on any atom is 0.336 e. The number of amides is 1. The van der Waals surface area contributed by atoms with Crippen LogP contribution in [0.1, 0.15) is 5.56 Å². The van der Waals surface area contributed by atoms with Crippen LogP contribution in [0.25, 0.3) is 11.0 Å². The standard InChI is InChI=1S/C19H17NO4/c21-18(20-11-10-14-4-2-1-3-5-14)13-23-16-8-6-15-7-9-19(22)24-17(15)12-16/h1-9,12H,10-11,13H2,(H,20,21). The lowest BCUT2D eigenvalue weighted by Crippen LogP contribution is -2.30. The average Bonchev–Trinajstić information content (AvgIpc) is 2.60. The van der Waals surface area contributed by atoms with Crippen molar-refractivity contribution in [2.75, 3.05) is 13.2 Å². The molecule has 122 valence electrons. The number of benzene rings is 2. The molecular weight excluding hydrogens is 306 g/mol. The number of rotatable bonds is 6. The van der Waals surface area contributed by atoms with Gasteiger partial charge in [0.1, 0.15) is 11.3 Å². The minimum atomic E-state index is -0.418. The lowest BCUT2D eigenvalue weighted by Gasteiger charge is -2.08. The number of carbonyl (C=O) groups excluding carboxylic acids is 1. The molecule has 0 bridgehead atoms. The molecule has 0 unspecified atom stereocenters. The number of ether oxygens (including phenoxy) is 1. The monoisotopic (exact) mass is 323 g/mol. The van der Waals surface area contributed by atoms with Crippen molar-refractivity contribution < 1.29 is 13.9 Å². The molecule has 0 saturated heterocycles. The van der Waals surface area contributed by atoms with Gasteiger partial charge in [-0.15, -0.1) is 0 Å². The number of carbonyl (C=O) groups is 1. The summed E-state index contributed by atoms with van der Waals surface area (Å²) in [7, 11) is 0. The number of nitrogens with one attached hydrogen (secondary N) is 1. The minimum Gasteiger partial charge on any atom is -0.484 e. The highest BCUT2D eigenvalue weighted by Gasteiger charge is 2.04. The van der Waals surface area contributed by atoms with Crippen LogP contribution in [0, 0.1) is 0 Å². The first-order valence-corrected chi connectivity index (χ1v) is 7.68. The summed E-state index contributed by atoms with van der Waals surface area (Å²) < 4.78 is 10.5. The number of fused-ring (bicyclic) bond motifs is 1. The third-order valence-corrected chi connectivity index (χ3v) is 3.54. The summed E-state index contributed by atoms with van der Waals surface area (Å²) >= 11 is 0. The van der Waals surface area contributed by atoms with Crippen LogP contribution in [0.15, 0.2) is 69.9 Å². The Morgan fingerprint density at radius 2 is 1.83 bits per heavy atom. The zero-order valence-electron chi connectivity index (χ0n) is 13.0. The van der Waals surface area contributed by atoms with E-state index in [0.29, 0.717) is 17.9 Å². The van der Waals surface area contributed by atoms with Gasteiger partial charge in [0.2, 0.25) is 0 Å². The largest absolute Gasteiger partial charge is 0.484 e. The summed E-state index contributed by atoms with van der Waals surface area (Å²) in [5.41, 5.74) is 1.19. The lowest BCUT2D eigenvalue weighted by molar-refractivity contribution is -0.123. The van der Waals surface area contributed by atoms with E-state index in [2.05, 4.69) is 5.32 Å². The van der Waals surface area contributed by atoms with E-state index in [-0.39, 0.29) is 12.5 Å². The van der Waals surface area contributed by atoms with Crippen LogP contribution in [0.2, 0.25) is 0 Å². The van der Waals surface area contributed by atoms with Gasteiger partial charge in [0, 0.05) is 24.1 Å². The normalized spacial score (nSPS) is 10.5. The van der Waals surface area contributed by atoms with Gasteiger partial charge in [-0.2, -0.15) is 0 Å². The van der Waals surface area contributed by atoms with E-state index in [1.165, 1.54) is 11.6 Å². The molecule has 0 spiro atoms. The van der Waals surface area contributed by atoms with Crippen LogP contribution in [-0.2, 0) is 11.2 Å². The van der Waals surface area contributed by atoms with Crippen LogP contribution in [-0.4, -0.2) is 19.1 Å². The van der Waals surface area contributed by atoms with Crippen molar-refractivity contribution in [1.29, 1.82) is 0 Å². The fourth-order valence-electron chi connectivity index (χ4n) is 2.32. The smallest absolute Gasteiger partial charge is 0.336 e. The summed E-state index contributed by atoms with van der Waals surface area (Å²) in [5, 5.41) is 3.61. The van der Waals surface area contributed by atoms with Gasteiger partial charge < -0.3 is 14.5 Å². The Labute approximate surface area is 138 Å². The fraction of sp³-hybridized carbons (Fsp3) is 0.158. The van der Waals surface area contributed by atoms with Gasteiger partial charge in [-0.25, -0.2) is 4.79 Å². The fourth-order valence-corrected chi connectivity index (χ4v) is 2.32. The molecule has 0 aliphatic heterocycles. The van der Waals surface area contributed by atoms with Crippen molar-refractivity contribution in [2.24, 2.45) is 0 Å². The van der Waals surface area contributed by atoms with Gasteiger partial charge in [-0.1, -0.05) is 30.3 Å². The zero-order chi connectivity index (χ0) is 16.8. The molecule has 0 saturated carbocycles. The molecule has 5 heteroatoms. The van der Waals surface area contributed by atoms with Crippen molar-refractivity contribution in [1.82, 2.24) is 5.32 Å². The van der Waals surface area contributed by atoms with Crippen LogP contribution < -0.4 is 15.7 Å². The highest BCUT2D eigenvalue weighted by atomic mass is 16.5.